The van der Waals surface area contributed by atoms with Gasteiger partial charge >= 0.3 is 5.97 Å². The van der Waals surface area contributed by atoms with E-state index in [-0.39, 0.29) is 16.5 Å². The number of amides is 1. The van der Waals surface area contributed by atoms with E-state index < -0.39 is 28.0 Å². The molecule has 0 bridgehead atoms. The van der Waals surface area contributed by atoms with E-state index in [0.717, 1.165) is 24.8 Å². The molecule has 1 fully saturated rings. The lowest BCUT2D eigenvalue weighted by molar-refractivity contribution is -0.129. The lowest BCUT2D eigenvalue weighted by Gasteiger charge is -2.26. The number of hydrogen-bond acceptors (Lipinski definition) is 5. The van der Waals surface area contributed by atoms with Gasteiger partial charge in [0.25, 0.3) is 5.91 Å². The van der Waals surface area contributed by atoms with Crippen LogP contribution in [0, 0.1) is 0 Å². The van der Waals surface area contributed by atoms with Gasteiger partial charge < -0.3 is 10.1 Å². The van der Waals surface area contributed by atoms with Crippen molar-refractivity contribution in [2.45, 2.75) is 50.2 Å². The van der Waals surface area contributed by atoms with E-state index in [0.29, 0.717) is 13.1 Å². The van der Waals surface area contributed by atoms with Crippen LogP contribution in [0.2, 0.25) is 0 Å². The lowest BCUT2D eigenvalue weighted by Crippen LogP contribution is -2.37. The van der Waals surface area contributed by atoms with Gasteiger partial charge in [-0.25, -0.2) is 13.2 Å². The molecule has 0 spiro atoms. The molecule has 1 saturated heterocycles. The molecule has 2 aromatic rings. The molecule has 1 N–H and O–H groups in total. The van der Waals surface area contributed by atoms with Crippen molar-refractivity contribution in [1.82, 2.24) is 9.62 Å². The number of esters is 1. The number of piperidine rings is 1. The van der Waals surface area contributed by atoms with Crippen molar-refractivity contribution in [1.29, 1.82) is 0 Å². The molecule has 1 amide bonds. The van der Waals surface area contributed by atoms with Crippen LogP contribution in [0.4, 0.5) is 0 Å². The summed E-state index contributed by atoms with van der Waals surface area (Å²) in [5, 5.41) is 2.81. The zero-order valence-corrected chi connectivity index (χ0v) is 18.6. The number of hydrogen-bond donors (Lipinski definition) is 1. The molecule has 8 heteroatoms. The van der Waals surface area contributed by atoms with Crippen molar-refractivity contribution in [3.05, 3.63) is 65.7 Å². The molecule has 166 valence electrons. The Labute approximate surface area is 183 Å². The molecule has 7 nitrogen and oxygen atoms in total. The van der Waals surface area contributed by atoms with Gasteiger partial charge in [-0.2, -0.15) is 4.31 Å². The Morgan fingerprint density at radius 1 is 0.968 bits per heavy atom. The molecule has 31 heavy (non-hydrogen) atoms. The van der Waals surface area contributed by atoms with Crippen LogP contribution in [0.5, 0.6) is 0 Å². The summed E-state index contributed by atoms with van der Waals surface area (Å²) in [6.45, 7) is 4.29. The third kappa shape index (κ3) is 5.71. The highest BCUT2D eigenvalue weighted by Crippen LogP contribution is 2.22. The first kappa shape index (κ1) is 23.0. The summed E-state index contributed by atoms with van der Waals surface area (Å²) in [6.07, 6.45) is 1.65. The summed E-state index contributed by atoms with van der Waals surface area (Å²) < 4.78 is 32.5. The number of benzene rings is 2. The predicted octanol–water partition coefficient (Wildman–Crippen LogP) is 3.28. The second-order valence-corrected chi connectivity index (χ2v) is 9.62. The first-order valence-corrected chi connectivity index (χ1v) is 11.9. The topological polar surface area (TPSA) is 92.8 Å². The third-order valence-electron chi connectivity index (χ3n) is 5.33. The van der Waals surface area contributed by atoms with E-state index in [1.54, 1.807) is 0 Å². The van der Waals surface area contributed by atoms with Gasteiger partial charge in [-0.3, -0.25) is 4.79 Å². The van der Waals surface area contributed by atoms with Gasteiger partial charge in [-0.05, 0) is 50.5 Å². The minimum Gasteiger partial charge on any atom is -0.449 e. The van der Waals surface area contributed by atoms with E-state index in [9.17, 15) is 18.0 Å². The van der Waals surface area contributed by atoms with Gasteiger partial charge in [0, 0.05) is 13.1 Å². The molecule has 2 aromatic carbocycles. The van der Waals surface area contributed by atoms with Crippen molar-refractivity contribution in [3.8, 4) is 0 Å². The molecular weight excluding hydrogens is 416 g/mol. The standard InChI is InChI=1S/C23H28N2O5S/c1-17(19-10-5-3-6-11-19)24-22(26)18(2)30-23(27)20-12-9-13-21(16-20)31(28,29)25-14-7-4-8-15-25/h3,5-6,9-13,16-18H,4,7-8,14-15H2,1-2H3,(H,24,26). The largest absolute Gasteiger partial charge is 0.449 e. The van der Waals surface area contributed by atoms with Crippen LogP contribution in [-0.2, 0) is 19.6 Å². The first-order valence-electron chi connectivity index (χ1n) is 10.5. The summed E-state index contributed by atoms with van der Waals surface area (Å²) in [6, 6.07) is 15.0. The van der Waals surface area contributed by atoms with Gasteiger partial charge in [-0.15, -0.1) is 0 Å². The predicted molar refractivity (Wildman–Crippen MR) is 117 cm³/mol. The number of rotatable bonds is 7. The number of nitrogens with zero attached hydrogens (tertiary/aromatic N) is 1. The summed E-state index contributed by atoms with van der Waals surface area (Å²) in [7, 11) is -3.66. The average molecular weight is 445 g/mol. The van der Waals surface area contributed by atoms with Crippen LogP contribution >= 0.6 is 0 Å². The molecule has 2 atom stereocenters. The average Bonchev–Trinajstić information content (AvgIpc) is 2.80. The number of carbonyl (C=O) groups excluding carboxylic acids is 2. The van der Waals surface area contributed by atoms with E-state index in [1.165, 1.54) is 35.5 Å². The Kier molecular flexibility index (Phi) is 7.46. The van der Waals surface area contributed by atoms with Crippen molar-refractivity contribution >= 4 is 21.9 Å². The fourth-order valence-electron chi connectivity index (χ4n) is 3.48. The highest BCUT2D eigenvalue weighted by Gasteiger charge is 2.27. The highest BCUT2D eigenvalue weighted by molar-refractivity contribution is 7.89. The Bertz CT molecular complexity index is 1020. The van der Waals surface area contributed by atoms with Crippen LogP contribution in [-0.4, -0.2) is 43.8 Å². The Hall–Kier alpha value is -2.71. The molecule has 0 aromatic heterocycles. The number of sulfonamides is 1. The second kappa shape index (κ2) is 10.1. The molecule has 3 rings (SSSR count). The molecular formula is C23H28N2O5S. The number of ether oxygens (including phenoxy) is 1. The van der Waals surface area contributed by atoms with E-state index in [4.69, 9.17) is 4.74 Å². The van der Waals surface area contributed by atoms with E-state index in [2.05, 4.69) is 5.32 Å². The van der Waals surface area contributed by atoms with Gasteiger partial charge in [0.1, 0.15) is 0 Å². The molecule has 2 unspecified atom stereocenters. The van der Waals surface area contributed by atoms with E-state index >= 15 is 0 Å². The molecule has 0 aliphatic carbocycles. The Balaban J connectivity index is 1.65. The normalized spacial score (nSPS) is 16.8. The van der Waals surface area contributed by atoms with Gasteiger partial charge in [0.15, 0.2) is 6.10 Å². The van der Waals surface area contributed by atoms with Crippen molar-refractivity contribution in [2.75, 3.05) is 13.1 Å². The summed E-state index contributed by atoms with van der Waals surface area (Å²) in [5.74, 6) is -1.17. The summed E-state index contributed by atoms with van der Waals surface area (Å²) in [5.41, 5.74) is 1.03. The molecule has 0 radical (unpaired) electrons. The maximum absolute atomic E-state index is 12.9. The Morgan fingerprint density at radius 2 is 1.65 bits per heavy atom. The van der Waals surface area contributed by atoms with Gasteiger partial charge in [0.2, 0.25) is 10.0 Å². The zero-order chi connectivity index (χ0) is 22.4. The van der Waals surface area contributed by atoms with Gasteiger partial charge in [0.05, 0.1) is 16.5 Å². The Morgan fingerprint density at radius 3 is 2.32 bits per heavy atom. The lowest BCUT2D eigenvalue weighted by atomic mass is 10.1. The van der Waals surface area contributed by atoms with Crippen molar-refractivity contribution < 1.29 is 22.7 Å². The fraction of sp³-hybridized carbons (Fsp3) is 0.391. The molecule has 1 heterocycles. The van der Waals surface area contributed by atoms with E-state index in [1.807, 2.05) is 37.3 Å². The first-order chi connectivity index (χ1) is 14.8. The number of carbonyl (C=O) groups is 2. The summed E-state index contributed by atoms with van der Waals surface area (Å²) in [4.78, 5) is 25.0. The fourth-order valence-corrected chi connectivity index (χ4v) is 5.04. The monoisotopic (exact) mass is 444 g/mol. The highest BCUT2D eigenvalue weighted by atomic mass is 32.2. The van der Waals surface area contributed by atoms with Crippen LogP contribution in [0.3, 0.4) is 0 Å². The van der Waals surface area contributed by atoms with Crippen LogP contribution in [0.15, 0.2) is 59.5 Å². The zero-order valence-electron chi connectivity index (χ0n) is 17.8. The smallest absolute Gasteiger partial charge is 0.338 e. The molecule has 0 saturated carbocycles. The maximum atomic E-state index is 12.9. The van der Waals surface area contributed by atoms with Crippen LogP contribution in [0.25, 0.3) is 0 Å². The minimum atomic E-state index is -3.66. The van der Waals surface area contributed by atoms with Crippen LogP contribution in [0.1, 0.15) is 55.1 Å². The molecule has 1 aliphatic rings. The number of nitrogens with one attached hydrogen (secondary N) is 1. The maximum Gasteiger partial charge on any atom is 0.338 e. The SMILES string of the molecule is CC(OC(=O)c1cccc(S(=O)(=O)N2CCCCC2)c1)C(=O)NC(C)c1ccccc1. The molecule has 1 aliphatic heterocycles. The third-order valence-corrected chi connectivity index (χ3v) is 7.23. The van der Waals surface area contributed by atoms with Crippen molar-refractivity contribution in [3.63, 3.8) is 0 Å². The minimum absolute atomic E-state index is 0.0543. The summed E-state index contributed by atoms with van der Waals surface area (Å²) >= 11 is 0. The van der Waals surface area contributed by atoms with Crippen LogP contribution < -0.4 is 5.32 Å². The van der Waals surface area contributed by atoms with Crippen molar-refractivity contribution in [2.24, 2.45) is 0 Å². The second-order valence-electron chi connectivity index (χ2n) is 7.68. The quantitative estimate of drug-likeness (QED) is 0.662. The van der Waals surface area contributed by atoms with Gasteiger partial charge in [-0.1, -0.05) is 42.8 Å².